The summed E-state index contributed by atoms with van der Waals surface area (Å²) >= 11 is 0. The summed E-state index contributed by atoms with van der Waals surface area (Å²) in [6.07, 6.45) is 2.39. The molecule has 0 amide bonds. The average Bonchev–Trinajstić information content (AvgIpc) is 2.62. The SMILES string of the molecule is CCN(CC)CCc1cc(C(=O)CCc2ccccc2)ccc1C. The molecule has 2 aromatic carbocycles. The number of aryl methyl sites for hydroxylation is 2. The van der Waals surface area contributed by atoms with Gasteiger partial charge in [-0.2, -0.15) is 0 Å². The van der Waals surface area contributed by atoms with Crippen LogP contribution in [-0.4, -0.2) is 30.3 Å². The molecule has 0 saturated carbocycles. The third-order valence-corrected chi connectivity index (χ3v) is 4.75. The van der Waals surface area contributed by atoms with E-state index in [9.17, 15) is 4.79 Å². The largest absolute Gasteiger partial charge is 0.304 e. The Labute approximate surface area is 146 Å². The van der Waals surface area contributed by atoms with Gasteiger partial charge in [-0.15, -0.1) is 0 Å². The maximum Gasteiger partial charge on any atom is 0.163 e. The predicted molar refractivity (Wildman–Crippen MR) is 102 cm³/mol. The van der Waals surface area contributed by atoms with E-state index in [-0.39, 0.29) is 5.78 Å². The Kier molecular flexibility index (Phi) is 7.20. The monoisotopic (exact) mass is 323 g/mol. The molecule has 0 radical (unpaired) electrons. The Hall–Kier alpha value is -1.93. The summed E-state index contributed by atoms with van der Waals surface area (Å²) in [6.45, 7) is 9.72. The molecule has 0 aliphatic carbocycles. The highest BCUT2D eigenvalue weighted by Crippen LogP contribution is 2.15. The smallest absolute Gasteiger partial charge is 0.163 e. The molecule has 2 heteroatoms. The summed E-state index contributed by atoms with van der Waals surface area (Å²) in [5, 5.41) is 0. The van der Waals surface area contributed by atoms with E-state index in [1.165, 1.54) is 16.7 Å². The lowest BCUT2D eigenvalue weighted by Crippen LogP contribution is -2.25. The Balaban J connectivity index is 1.99. The number of ketones is 1. The van der Waals surface area contributed by atoms with Gasteiger partial charge in [-0.05, 0) is 55.6 Å². The van der Waals surface area contributed by atoms with E-state index >= 15 is 0 Å². The van der Waals surface area contributed by atoms with Gasteiger partial charge >= 0.3 is 0 Å². The van der Waals surface area contributed by atoms with E-state index in [0.29, 0.717) is 6.42 Å². The highest BCUT2D eigenvalue weighted by molar-refractivity contribution is 5.96. The van der Waals surface area contributed by atoms with Gasteiger partial charge in [-0.3, -0.25) is 4.79 Å². The number of Topliss-reactive ketones (excluding diaryl/α,β-unsaturated/α-hetero) is 1. The molecule has 2 aromatic rings. The molecule has 0 N–H and O–H groups in total. The van der Waals surface area contributed by atoms with Crippen molar-refractivity contribution in [1.29, 1.82) is 0 Å². The maximum atomic E-state index is 12.5. The van der Waals surface area contributed by atoms with Crippen LogP contribution in [0.5, 0.6) is 0 Å². The fourth-order valence-electron chi connectivity index (χ4n) is 2.98. The summed E-state index contributed by atoms with van der Waals surface area (Å²) in [4.78, 5) is 14.9. The number of rotatable bonds is 9. The fourth-order valence-corrected chi connectivity index (χ4v) is 2.98. The van der Waals surface area contributed by atoms with Crippen molar-refractivity contribution in [1.82, 2.24) is 4.90 Å². The number of hydrogen-bond acceptors (Lipinski definition) is 2. The summed E-state index contributed by atoms with van der Waals surface area (Å²) in [5.74, 6) is 0.239. The van der Waals surface area contributed by atoms with Crippen molar-refractivity contribution in [3.63, 3.8) is 0 Å². The Morgan fingerprint density at radius 3 is 2.33 bits per heavy atom. The molecule has 2 nitrogen and oxygen atoms in total. The van der Waals surface area contributed by atoms with Crippen molar-refractivity contribution in [2.75, 3.05) is 19.6 Å². The van der Waals surface area contributed by atoms with E-state index in [4.69, 9.17) is 0 Å². The number of carbonyl (C=O) groups is 1. The van der Waals surface area contributed by atoms with E-state index in [0.717, 1.165) is 38.0 Å². The average molecular weight is 323 g/mol. The van der Waals surface area contributed by atoms with Crippen LogP contribution in [-0.2, 0) is 12.8 Å². The van der Waals surface area contributed by atoms with Gasteiger partial charge in [0.2, 0.25) is 0 Å². The van der Waals surface area contributed by atoms with E-state index in [2.05, 4.69) is 49.9 Å². The Morgan fingerprint density at radius 2 is 1.67 bits per heavy atom. The van der Waals surface area contributed by atoms with Crippen molar-refractivity contribution in [2.24, 2.45) is 0 Å². The summed E-state index contributed by atoms with van der Waals surface area (Å²) in [6, 6.07) is 16.4. The van der Waals surface area contributed by atoms with Gasteiger partial charge in [0, 0.05) is 18.5 Å². The summed E-state index contributed by atoms with van der Waals surface area (Å²) in [7, 11) is 0. The van der Waals surface area contributed by atoms with E-state index < -0.39 is 0 Å². The fraction of sp³-hybridized carbons (Fsp3) is 0.409. The van der Waals surface area contributed by atoms with Crippen LogP contribution >= 0.6 is 0 Å². The first-order chi connectivity index (χ1) is 11.6. The van der Waals surface area contributed by atoms with Crippen LogP contribution in [0.2, 0.25) is 0 Å². The van der Waals surface area contributed by atoms with Gasteiger partial charge in [0.05, 0.1) is 0 Å². The minimum Gasteiger partial charge on any atom is -0.304 e. The molecule has 0 bridgehead atoms. The van der Waals surface area contributed by atoms with Gasteiger partial charge in [0.1, 0.15) is 0 Å². The van der Waals surface area contributed by atoms with Crippen molar-refractivity contribution in [3.05, 3.63) is 70.8 Å². The molecule has 0 heterocycles. The molecule has 0 aromatic heterocycles. The van der Waals surface area contributed by atoms with Gasteiger partial charge in [-0.1, -0.05) is 56.3 Å². The molecular formula is C22H29NO. The second-order valence-corrected chi connectivity index (χ2v) is 6.33. The Bertz CT molecular complexity index is 644. The second kappa shape index (κ2) is 9.39. The van der Waals surface area contributed by atoms with Crippen LogP contribution < -0.4 is 0 Å². The molecule has 0 aliphatic heterocycles. The van der Waals surface area contributed by atoms with Gasteiger partial charge in [0.25, 0.3) is 0 Å². The van der Waals surface area contributed by atoms with Crippen LogP contribution in [0.25, 0.3) is 0 Å². The molecule has 2 rings (SSSR count). The lowest BCUT2D eigenvalue weighted by Gasteiger charge is -2.18. The van der Waals surface area contributed by atoms with E-state index in [1.807, 2.05) is 24.3 Å². The minimum absolute atomic E-state index is 0.239. The van der Waals surface area contributed by atoms with Crippen LogP contribution in [0.3, 0.4) is 0 Å². The topological polar surface area (TPSA) is 20.3 Å². The van der Waals surface area contributed by atoms with Gasteiger partial charge in [0.15, 0.2) is 5.78 Å². The zero-order valence-corrected chi connectivity index (χ0v) is 15.2. The van der Waals surface area contributed by atoms with Crippen LogP contribution in [0, 0.1) is 6.92 Å². The van der Waals surface area contributed by atoms with Crippen LogP contribution in [0.15, 0.2) is 48.5 Å². The highest BCUT2D eigenvalue weighted by Gasteiger charge is 2.09. The summed E-state index contributed by atoms with van der Waals surface area (Å²) < 4.78 is 0. The molecule has 0 aliphatic rings. The quantitative estimate of drug-likeness (QED) is 0.624. The second-order valence-electron chi connectivity index (χ2n) is 6.33. The molecule has 0 unspecified atom stereocenters. The molecule has 128 valence electrons. The molecule has 0 spiro atoms. The van der Waals surface area contributed by atoms with Crippen molar-refractivity contribution in [3.8, 4) is 0 Å². The molecule has 24 heavy (non-hydrogen) atoms. The molecular weight excluding hydrogens is 294 g/mol. The summed E-state index contributed by atoms with van der Waals surface area (Å²) in [5.41, 5.74) is 4.65. The van der Waals surface area contributed by atoms with Crippen LogP contribution in [0.1, 0.15) is 47.3 Å². The number of benzene rings is 2. The normalized spacial score (nSPS) is 11.0. The lowest BCUT2D eigenvalue weighted by molar-refractivity contribution is 0.0982. The number of nitrogens with zero attached hydrogens (tertiary/aromatic N) is 1. The number of hydrogen-bond donors (Lipinski definition) is 0. The minimum atomic E-state index is 0.239. The van der Waals surface area contributed by atoms with Crippen molar-refractivity contribution in [2.45, 2.75) is 40.0 Å². The zero-order chi connectivity index (χ0) is 17.4. The predicted octanol–water partition coefficient (Wildman–Crippen LogP) is 4.69. The number of carbonyl (C=O) groups excluding carboxylic acids is 1. The highest BCUT2D eigenvalue weighted by atomic mass is 16.1. The third kappa shape index (κ3) is 5.31. The zero-order valence-electron chi connectivity index (χ0n) is 15.2. The standard InChI is InChI=1S/C22H29NO/c1-4-23(5-2)16-15-20-17-21(13-11-18(20)3)22(24)14-12-19-9-7-6-8-10-19/h6-11,13,17H,4-5,12,14-16H2,1-3H3. The maximum absolute atomic E-state index is 12.5. The number of likely N-dealkylation sites (N-methyl/N-ethyl adjacent to an activating group) is 1. The first kappa shape index (κ1) is 18.4. The van der Waals surface area contributed by atoms with Crippen molar-refractivity contribution < 1.29 is 4.79 Å². The molecule has 0 saturated heterocycles. The third-order valence-electron chi connectivity index (χ3n) is 4.75. The molecule has 0 atom stereocenters. The first-order valence-corrected chi connectivity index (χ1v) is 9.03. The van der Waals surface area contributed by atoms with Crippen molar-refractivity contribution >= 4 is 5.78 Å². The Morgan fingerprint density at radius 1 is 0.958 bits per heavy atom. The first-order valence-electron chi connectivity index (χ1n) is 9.03. The van der Waals surface area contributed by atoms with E-state index in [1.54, 1.807) is 0 Å². The van der Waals surface area contributed by atoms with Gasteiger partial charge in [-0.25, -0.2) is 0 Å². The van der Waals surface area contributed by atoms with Gasteiger partial charge < -0.3 is 4.90 Å². The molecule has 0 fully saturated rings. The lowest BCUT2D eigenvalue weighted by atomic mass is 9.97. The van der Waals surface area contributed by atoms with Crippen LogP contribution in [0.4, 0.5) is 0 Å².